The van der Waals surface area contributed by atoms with Crippen LogP contribution < -0.4 is 9.44 Å². The van der Waals surface area contributed by atoms with Crippen molar-refractivity contribution >= 4 is 76.3 Å². The first-order valence-electron chi connectivity index (χ1n) is 18.6. The molecule has 6 aromatic heterocycles. The maximum Gasteiger partial charge on any atom is 0.214 e. The number of hydrogen-bond donors (Lipinski definition) is 4. The number of sulfonamides is 2. The van der Waals surface area contributed by atoms with Gasteiger partial charge in [0.2, 0.25) is 20.0 Å². The Labute approximate surface area is 320 Å². The van der Waals surface area contributed by atoms with Crippen molar-refractivity contribution in [2.45, 2.75) is 112 Å². The molecule has 0 unspecified atom stereocenters. The van der Waals surface area contributed by atoms with Crippen molar-refractivity contribution in [1.29, 1.82) is 0 Å². The van der Waals surface area contributed by atoms with Crippen molar-refractivity contribution in [3.63, 3.8) is 0 Å². The number of rotatable bonds is 10. The van der Waals surface area contributed by atoms with Crippen LogP contribution in [0.4, 0.5) is 0 Å². The van der Waals surface area contributed by atoms with E-state index in [0.29, 0.717) is 11.8 Å². The maximum atomic E-state index is 12.4. The molecule has 0 amide bonds. The SMILES string of the molecule is CC[C@@H]1C[C@H](NS(=O)(=O)C2CC2)C[C@@H]1c1nnc2cnc3[nH]cc(I)c3n12.CC[C@@H]1C[C@H](NS(=O)(=O)C2CC2)C[C@@H]1c1nnc2cnc3[nH]ccc3n12. The van der Waals surface area contributed by atoms with E-state index < -0.39 is 20.0 Å². The summed E-state index contributed by atoms with van der Waals surface area (Å²) < 4.78 is 60.5. The van der Waals surface area contributed by atoms with Gasteiger partial charge in [-0.2, -0.15) is 0 Å². The van der Waals surface area contributed by atoms with E-state index in [1.54, 1.807) is 12.4 Å². The van der Waals surface area contributed by atoms with Crippen molar-refractivity contribution in [1.82, 2.24) is 58.6 Å². The number of aromatic amines is 2. The van der Waals surface area contributed by atoms with Gasteiger partial charge in [0, 0.05) is 36.3 Å². The van der Waals surface area contributed by atoms with Crippen LogP contribution in [0.3, 0.4) is 0 Å². The summed E-state index contributed by atoms with van der Waals surface area (Å²) >= 11 is 2.29. The largest absolute Gasteiger partial charge is 0.345 e. The van der Waals surface area contributed by atoms with Gasteiger partial charge >= 0.3 is 0 Å². The van der Waals surface area contributed by atoms with Gasteiger partial charge in [0.15, 0.2) is 22.6 Å². The average molecular weight is 875 g/mol. The van der Waals surface area contributed by atoms with Crippen LogP contribution in [-0.2, 0) is 20.0 Å². The molecule has 19 heteroatoms. The first-order chi connectivity index (χ1) is 25.5. The molecule has 6 heterocycles. The van der Waals surface area contributed by atoms with Crippen LogP contribution in [-0.4, -0.2) is 88.6 Å². The number of nitrogens with zero attached hydrogens (tertiary/aromatic N) is 8. The molecule has 0 aromatic carbocycles. The first-order valence-corrected chi connectivity index (χ1v) is 22.8. The second-order valence-electron chi connectivity index (χ2n) is 15.2. The number of aromatic nitrogens is 10. The minimum absolute atomic E-state index is 0.0218. The van der Waals surface area contributed by atoms with Gasteiger partial charge in [-0.3, -0.25) is 8.80 Å². The van der Waals surface area contributed by atoms with Crippen LogP contribution in [0, 0.1) is 15.4 Å². The van der Waals surface area contributed by atoms with Gasteiger partial charge in [0.05, 0.1) is 32.0 Å². The molecule has 4 aliphatic carbocycles. The number of nitrogens with one attached hydrogen (secondary N) is 4. The molecule has 282 valence electrons. The lowest BCUT2D eigenvalue weighted by Gasteiger charge is -2.16. The van der Waals surface area contributed by atoms with E-state index in [4.69, 9.17) is 0 Å². The third-order valence-electron chi connectivity index (χ3n) is 11.7. The Bertz CT molecular complexity index is 2540. The van der Waals surface area contributed by atoms with E-state index in [2.05, 4.69) is 95.0 Å². The summed E-state index contributed by atoms with van der Waals surface area (Å²) in [6.07, 6.45) is 15.6. The Hall–Kier alpha value is -3.27. The number of hydrogen-bond acceptors (Lipinski definition) is 10. The molecule has 6 atom stereocenters. The van der Waals surface area contributed by atoms with E-state index in [-0.39, 0.29) is 34.4 Å². The third kappa shape index (κ3) is 6.52. The molecule has 6 aromatic rings. The van der Waals surface area contributed by atoms with E-state index in [1.165, 1.54) is 0 Å². The minimum atomic E-state index is -3.18. The van der Waals surface area contributed by atoms with Gasteiger partial charge in [-0.15, -0.1) is 20.4 Å². The molecule has 0 aliphatic heterocycles. The predicted molar refractivity (Wildman–Crippen MR) is 207 cm³/mol. The maximum absolute atomic E-state index is 12.4. The summed E-state index contributed by atoms with van der Waals surface area (Å²) in [4.78, 5) is 15.1. The number of H-pyrrole nitrogens is 2. The summed E-state index contributed by atoms with van der Waals surface area (Å²) in [6, 6.07) is 1.93. The van der Waals surface area contributed by atoms with Crippen molar-refractivity contribution in [3.05, 3.63) is 46.1 Å². The molecular weight excluding hydrogens is 831 g/mol. The van der Waals surface area contributed by atoms with Crippen LogP contribution in [0.15, 0.2) is 30.9 Å². The molecule has 4 saturated carbocycles. The molecule has 4 fully saturated rings. The van der Waals surface area contributed by atoms with Gasteiger partial charge in [0.25, 0.3) is 0 Å². The van der Waals surface area contributed by atoms with Gasteiger partial charge in [-0.05, 0) is 91.9 Å². The van der Waals surface area contributed by atoms with Crippen molar-refractivity contribution < 1.29 is 16.8 Å². The van der Waals surface area contributed by atoms with Gasteiger partial charge in [-0.25, -0.2) is 36.2 Å². The van der Waals surface area contributed by atoms with E-state index in [9.17, 15) is 16.8 Å². The highest BCUT2D eigenvalue weighted by Crippen LogP contribution is 2.44. The average Bonchev–Trinajstić information content (AvgIpc) is 3.83. The van der Waals surface area contributed by atoms with Gasteiger partial charge in [0.1, 0.15) is 17.2 Å². The van der Waals surface area contributed by atoms with Gasteiger partial charge in [-0.1, -0.05) is 26.7 Å². The normalized spacial score (nSPS) is 26.6. The minimum Gasteiger partial charge on any atom is -0.345 e. The van der Waals surface area contributed by atoms with Crippen LogP contribution in [0.1, 0.15) is 102 Å². The molecule has 16 nitrogen and oxygen atoms in total. The van der Waals surface area contributed by atoms with E-state index in [0.717, 1.165) is 113 Å². The molecule has 0 saturated heterocycles. The first kappa shape index (κ1) is 35.4. The second-order valence-corrected chi connectivity index (χ2v) is 20.3. The summed E-state index contributed by atoms with van der Waals surface area (Å²) in [7, 11) is -6.35. The highest BCUT2D eigenvalue weighted by Gasteiger charge is 2.44. The van der Waals surface area contributed by atoms with E-state index >= 15 is 0 Å². The zero-order chi connectivity index (χ0) is 36.6. The summed E-state index contributed by atoms with van der Waals surface area (Å²) in [5, 5.41) is 17.2. The number of halogens is 1. The lowest BCUT2D eigenvalue weighted by Crippen LogP contribution is -2.35. The fourth-order valence-electron chi connectivity index (χ4n) is 8.71. The molecule has 4 N–H and O–H groups in total. The predicted octanol–water partition coefficient (Wildman–Crippen LogP) is 4.52. The summed E-state index contributed by atoms with van der Waals surface area (Å²) in [5.41, 5.74) is 5.01. The third-order valence-corrected chi connectivity index (χ3v) is 16.5. The lowest BCUT2D eigenvalue weighted by atomic mass is 9.93. The Kier molecular flexibility index (Phi) is 9.02. The summed E-state index contributed by atoms with van der Waals surface area (Å²) in [5.74, 6) is 2.94. The smallest absolute Gasteiger partial charge is 0.214 e. The Morgan fingerprint density at radius 1 is 0.736 bits per heavy atom. The molecule has 53 heavy (non-hydrogen) atoms. The highest BCUT2D eigenvalue weighted by atomic mass is 127. The zero-order valence-corrected chi connectivity index (χ0v) is 33.3. The van der Waals surface area contributed by atoms with E-state index in [1.807, 2.05) is 18.5 Å². The Morgan fingerprint density at radius 3 is 1.81 bits per heavy atom. The fraction of sp³-hybridized carbons (Fsp3) is 0.588. The molecular formula is C34H43IN12O4S2. The lowest BCUT2D eigenvalue weighted by molar-refractivity contribution is 0.449. The molecule has 0 spiro atoms. The Morgan fingerprint density at radius 2 is 1.26 bits per heavy atom. The van der Waals surface area contributed by atoms with Crippen LogP contribution in [0.2, 0.25) is 0 Å². The molecule has 0 radical (unpaired) electrons. The molecule has 10 rings (SSSR count). The fourth-order valence-corrected chi connectivity index (χ4v) is 12.6. The standard InChI is InChI=1S/C17H21IN6O2S.C17H22N6O2S/c1-2-9-5-10(23-27(25,26)11-3-4-11)6-12(9)17-22-21-14-8-20-16-15(24(14)17)13(18)7-19-16;1-2-10-7-11(22-26(24,25)12-3-4-12)8-13(10)17-21-20-15-9-19-16-14(23(15)17)5-6-18-16/h7-12,19,23H,2-6H2,1H3;5-6,9-13,18,22H,2-4,7-8H2,1H3/t9-,10+,12+;10-,11+,13+/m11/s1. The van der Waals surface area contributed by atoms with Crippen molar-refractivity contribution in [3.8, 4) is 0 Å². The van der Waals surface area contributed by atoms with Crippen LogP contribution in [0.5, 0.6) is 0 Å². The summed E-state index contributed by atoms with van der Waals surface area (Å²) in [6.45, 7) is 4.32. The quantitative estimate of drug-likeness (QED) is 0.141. The monoisotopic (exact) mass is 874 g/mol. The van der Waals surface area contributed by atoms with Crippen LogP contribution >= 0.6 is 22.6 Å². The van der Waals surface area contributed by atoms with Crippen molar-refractivity contribution in [2.75, 3.05) is 0 Å². The number of fused-ring (bicyclic) bond motifs is 6. The topological polar surface area (TPSA) is 210 Å². The zero-order valence-electron chi connectivity index (χ0n) is 29.5. The molecule has 0 bridgehead atoms. The van der Waals surface area contributed by atoms with Gasteiger partial charge < -0.3 is 9.97 Å². The van der Waals surface area contributed by atoms with Crippen molar-refractivity contribution in [2.24, 2.45) is 11.8 Å². The molecule has 4 aliphatic rings. The van der Waals surface area contributed by atoms with Crippen LogP contribution in [0.25, 0.3) is 33.6 Å². The highest BCUT2D eigenvalue weighted by molar-refractivity contribution is 14.1. The second kappa shape index (κ2) is 13.5. The Balaban J connectivity index is 0.000000141.